The molecular weight excluding hydrogens is 368 g/mol. The molecular formula is C10H6F8O4S. The molecule has 0 aliphatic carbocycles. The van der Waals surface area contributed by atoms with Gasteiger partial charge in [-0.05, 0) is 0 Å². The summed E-state index contributed by atoms with van der Waals surface area (Å²) in [5.41, 5.74) is -1.56. The first kappa shape index (κ1) is 19.6. The van der Waals surface area contributed by atoms with E-state index in [0.29, 0.717) is 12.1 Å². The van der Waals surface area contributed by atoms with E-state index in [4.69, 9.17) is 4.55 Å². The Bertz CT molecular complexity index is 659. The second kappa shape index (κ2) is 5.56. The number of rotatable bonds is 6. The normalized spacial score (nSPS) is 14.8. The van der Waals surface area contributed by atoms with E-state index in [2.05, 4.69) is 4.74 Å². The summed E-state index contributed by atoms with van der Waals surface area (Å²) in [5, 5.41) is -6.59. The van der Waals surface area contributed by atoms with Gasteiger partial charge in [-0.15, -0.1) is 0 Å². The molecule has 132 valence electrons. The summed E-state index contributed by atoms with van der Waals surface area (Å²) in [7, 11) is -6.93. The van der Waals surface area contributed by atoms with E-state index in [1.165, 1.54) is 0 Å². The van der Waals surface area contributed by atoms with Crippen LogP contribution < -0.4 is 0 Å². The molecule has 0 fully saturated rings. The zero-order chi connectivity index (χ0) is 18.3. The fourth-order valence-electron chi connectivity index (χ4n) is 1.25. The van der Waals surface area contributed by atoms with Crippen molar-refractivity contribution >= 4 is 10.1 Å². The Morgan fingerprint density at radius 2 is 1.26 bits per heavy atom. The fourth-order valence-corrected chi connectivity index (χ4v) is 1.59. The molecule has 1 rings (SSSR count). The Balaban J connectivity index is 3.25. The summed E-state index contributed by atoms with van der Waals surface area (Å²) in [6, 6.07) is 3.50. The van der Waals surface area contributed by atoms with E-state index >= 15 is 0 Å². The first-order chi connectivity index (χ1) is 10.1. The number of benzene rings is 1. The Kier molecular flexibility index (Phi) is 4.73. The predicted molar refractivity (Wildman–Crippen MR) is 57.8 cm³/mol. The molecule has 0 unspecified atom stereocenters. The van der Waals surface area contributed by atoms with Gasteiger partial charge in [-0.25, -0.2) is 4.74 Å². The highest BCUT2D eigenvalue weighted by molar-refractivity contribution is 7.86. The van der Waals surface area contributed by atoms with Gasteiger partial charge in [0.15, 0.2) is 0 Å². The van der Waals surface area contributed by atoms with E-state index in [1.807, 2.05) is 0 Å². The highest BCUT2D eigenvalue weighted by Gasteiger charge is 2.74. The molecule has 0 atom stereocenters. The first-order valence-electron chi connectivity index (χ1n) is 5.30. The van der Waals surface area contributed by atoms with Crippen molar-refractivity contribution in [3.05, 3.63) is 35.9 Å². The Hall–Kier alpha value is -1.47. The zero-order valence-electron chi connectivity index (χ0n) is 10.5. The molecule has 13 heteroatoms. The number of alkyl halides is 8. The van der Waals surface area contributed by atoms with Crippen molar-refractivity contribution in [2.75, 3.05) is 0 Å². The van der Waals surface area contributed by atoms with Gasteiger partial charge in [0.1, 0.15) is 0 Å². The van der Waals surface area contributed by atoms with Gasteiger partial charge in [0.2, 0.25) is 0 Å². The molecule has 0 saturated heterocycles. The second-order valence-corrected chi connectivity index (χ2v) is 5.53. The van der Waals surface area contributed by atoms with Crippen LogP contribution in [0.25, 0.3) is 0 Å². The summed E-state index contributed by atoms with van der Waals surface area (Å²) in [6.07, 6.45) is -12.9. The lowest BCUT2D eigenvalue weighted by Crippen LogP contribution is -2.55. The minimum absolute atomic E-state index is 0.371. The number of hydrogen-bond donors (Lipinski definition) is 1. The Morgan fingerprint density at radius 1 is 0.826 bits per heavy atom. The van der Waals surface area contributed by atoms with Crippen LogP contribution in [0.3, 0.4) is 0 Å². The van der Waals surface area contributed by atoms with Crippen LogP contribution in [0.4, 0.5) is 35.1 Å². The summed E-state index contributed by atoms with van der Waals surface area (Å²) in [4.78, 5) is 0. The molecule has 1 aromatic rings. The van der Waals surface area contributed by atoms with Crippen molar-refractivity contribution in [1.29, 1.82) is 0 Å². The Morgan fingerprint density at radius 3 is 1.65 bits per heavy atom. The van der Waals surface area contributed by atoms with Gasteiger partial charge < -0.3 is 0 Å². The second-order valence-electron chi connectivity index (χ2n) is 4.07. The third kappa shape index (κ3) is 3.40. The molecule has 0 aromatic heterocycles. The number of hydrogen-bond acceptors (Lipinski definition) is 3. The topological polar surface area (TPSA) is 63.6 Å². The van der Waals surface area contributed by atoms with Crippen LogP contribution in [0, 0.1) is 0 Å². The van der Waals surface area contributed by atoms with Crippen molar-refractivity contribution < 1.29 is 52.8 Å². The summed E-state index contributed by atoms with van der Waals surface area (Å²) < 4.78 is 135. The molecule has 23 heavy (non-hydrogen) atoms. The molecule has 4 nitrogen and oxygen atoms in total. The monoisotopic (exact) mass is 374 g/mol. The molecule has 0 bridgehead atoms. The van der Waals surface area contributed by atoms with Gasteiger partial charge in [0.05, 0.1) is 0 Å². The average Bonchev–Trinajstić information content (AvgIpc) is 2.36. The van der Waals surface area contributed by atoms with Crippen molar-refractivity contribution in [2.24, 2.45) is 0 Å². The molecule has 0 radical (unpaired) electrons. The SMILES string of the molecule is O=S(=O)(O)C(F)(F)C(F)(F)OC(F)(F)C(F)(F)c1ccccc1. The number of halogens is 8. The lowest BCUT2D eigenvalue weighted by Gasteiger charge is -2.31. The van der Waals surface area contributed by atoms with Crippen LogP contribution in [-0.4, -0.2) is 30.4 Å². The maximum atomic E-state index is 13.5. The maximum Gasteiger partial charge on any atom is 0.460 e. The van der Waals surface area contributed by atoms with Crippen molar-refractivity contribution in [3.8, 4) is 0 Å². The van der Waals surface area contributed by atoms with Crippen LogP contribution in [0.1, 0.15) is 5.56 Å². The molecule has 0 aliphatic heterocycles. The molecule has 0 aliphatic rings. The highest BCUT2D eigenvalue weighted by atomic mass is 32.2. The fraction of sp³-hybridized carbons (Fsp3) is 0.400. The first-order valence-corrected chi connectivity index (χ1v) is 6.74. The largest absolute Gasteiger partial charge is 0.460 e. The van der Waals surface area contributed by atoms with Gasteiger partial charge >= 0.3 is 33.5 Å². The van der Waals surface area contributed by atoms with Crippen LogP contribution in [0.15, 0.2) is 30.3 Å². The van der Waals surface area contributed by atoms with E-state index in [0.717, 1.165) is 18.2 Å². The predicted octanol–water partition coefficient (Wildman–Crippen LogP) is 3.46. The molecule has 0 amide bonds. The van der Waals surface area contributed by atoms with E-state index in [1.54, 1.807) is 0 Å². The third-order valence-corrected chi connectivity index (χ3v) is 3.31. The summed E-state index contributed by atoms with van der Waals surface area (Å²) >= 11 is 0. The molecule has 1 N–H and O–H groups in total. The minimum Gasteiger partial charge on any atom is -0.281 e. The lowest BCUT2D eigenvalue weighted by molar-refractivity contribution is -0.459. The van der Waals surface area contributed by atoms with Gasteiger partial charge in [-0.2, -0.15) is 43.5 Å². The molecule has 1 aromatic carbocycles. The molecule has 0 saturated carbocycles. The standard InChI is InChI=1S/C10H6F8O4S/c11-7(12,6-4-2-1-3-5-6)8(13,14)22-9(15,16)10(17,18)23(19,20)21/h1-5H,(H,19,20,21). The lowest BCUT2D eigenvalue weighted by atomic mass is 10.1. The Labute approximate surface area is 123 Å². The third-order valence-electron chi connectivity index (χ3n) is 2.42. The van der Waals surface area contributed by atoms with Crippen molar-refractivity contribution in [2.45, 2.75) is 23.4 Å². The zero-order valence-corrected chi connectivity index (χ0v) is 11.3. The highest BCUT2D eigenvalue weighted by Crippen LogP contribution is 2.50. The van der Waals surface area contributed by atoms with Crippen LogP contribution >= 0.6 is 0 Å². The van der Waals surface area contributed by atoms with Crippen molar-refractivity contribution in [3.63, 3.8) is 0 Å². The summed E-state index contributed by atoms with van der Waals surface area (Å²) in [5.74, 6) is -5.51. The quantitative estimate of drug-likeness (QED) is 0.612. The van der Waals surface area contributed by atoms with Gasteiger partial charge in [0.25, 0.3) is 0 Å². The number of ether oxygens (including phenoxy) is 1. The van der Waals surface area contributed by atoms with Crippen LogP contribution in [-0.2, 0) is 20.8 Å². The summed E-state index contributed by atoms with van der Waals surface area (Å²) in [6.45, 7) is 0. The van der Waals surface area contributed by atoms with E-state index in [-0.39, 0.29) is 0 Å². The minimum atomic E-state index is -6.93. The van der Waals surface area contributed by atoms with Crippen LogP contribution in [0.2, 0.25) is 0 Å². The van der Waals surface area contributed by atoms with Crippen LogP contribution in [0.5, 0.6) is 0 Å². The molecule has 0 heterocycles. The van der Waals surface area contributed by atoms with Gasteiger partial charge in [-0.3, -0.25) is 4.55 Å². The smallest absolute Gasteiger partial charge is 0.281 e. The van der Waals surface area contributed by atoms with Gasteiger partial charge in [0, 0.05) is 5.56 Å². The van der Waals surface area contributed by atoms with Crippen molar-refractivity contribution in [1.82, 2.24) is 0 Å². The molecule has 0 spiro atoms. The average molecular weight is 374 g/mol. The maximum absolute atomic E-state index is 13.5. The van der Waals surface area contributed by atoms with E-state index in [9.17, 15) is 43.5 Å². The van der Waals surface area contributed by atoms with Gasteiger partial charge in [-0.1, -0.05) is 30.3 Å². The van der Waals surface area contributed by atoms with E-state index < -0.39 is 39.1 Å².